The molecule has 4 aromatic carbocycles. The van der Waals surface area contributed by atoms with E-state index in [4.69, 9.17) is 14.2 Å². The fourth-order valence-corrected chi connectivity index (χ4v) is 6.51. The van der Waals surface area contributed by atoms with Crippen LogP contribution in [0.25, 0.3) is 11.6 Å². The van der Waals surface area contributed by atoms with Gasteiger partial charge in [0.25, 0.3) is 5.91 Å². The van der Waals surface area contributed by atoms with Crippen molar-refractivity contribution in [1.82, 2.24) is 4.90 Å². The molecule has 0 N–H and O–H groups in total. The van der Waals surface area contributed by atoms with Crippen LogP contribution in [0.15, 0.2) is 89.9 Å². The van der Waals surface area contributed by atoms with Crippen LogP contribution in [0.1, 0.15) is 75.1 Å². The molecule has 0 unspecified atom stereocenters. The quantitative estimate of drug-likeness (QED) is 0.151. The zero-order valence-electron chi connectivity index (χ0n) is 25.9. The zero-order valence-corrected chi connectivity index (χ0v) is 25.9. The standard InChI is InChI=1S/C39H36N2O5/c1-44-36-23-34-35(40-25-27-12-10-18-41(27)39(34)43)24-37(36)46-20-8-2-7-19-45-28-13-9-11-26(21-28)22-33-29-14-3-5-16-31(29)38(42)32-17-6-4-15-30(32)33/h3-6,9,11,13-17,21-25,27H,2,7-8,10,12,18-20H2,1H3/t27-/m0/s1. The van der Waals surface area contributed by atoms with Gasteiger partial charge >= 0.3 is 0 Å². The molecule has 1 saturated heterocycles. The summed E-state index contributed by atoms with van der Waals surface area (Å²) < 4.78 is 17.8. The number of amides is 1. The molecular formula is C39H36N2O5. The van der Waals surface area contributed by atoms with Crippen molar-refractivity contribution in [2.45, 2.75) is 38.1 Å². The van der Waals surface area contributed by atoms with Gasteiger partial charge in [-0.2, -0.15) is 0 Å². The van der Waals surface area contributed by atoms with Gasteiger partial charge in [-0.15, -0.1) is 0 Å². The lowest BCUT2D eigenvalue weighted by Gasteiger charge is -2.21. The van der Waals surface area contributed by atoms with E-state index in [9.17, 15) is 9.59 Å². The number of fused-ring (bicyclic) bond motifs is 4. The lowest BCUT2D eigenvalue weighted by Crippen LogP contribution is -2.35. The van der Waals surface area contributed by atoms with Crippen LogP contribution in [0.3, 0.4) is 0 Å². The van der Waals surface area contributed by atoms with E-state index in [1.54, 1.807) is 13.2 Å². The summed E-state index contributed by atoms with van der Waals surface area (Å²) in [7, 11) is 1.59. The number of nitrogens with zero attached hydrogens (tertiary/aromatic N) is 2. The molecule has 0 spiro atoms. The number of ketones is 1. The lowest BCUT2D eigenvalue weighted by atomic mass is 9.81. The second-order valence-corrected chi connectivity index (χ2v) is 11.8. The van der Waals surface area contributed by atoms with Crippen molar-refractivity contribution in [3.8, 4) is 17.2 Å². The minimum atomic E-state index is 0.00294. The molecule has 1 fully saturated rings. The van der Waals surface area contributed by atoms with Crippen molar-refractivity contribution < 1.29 is 23.8 Å². The Morgan fingerprint density at radius 2 is 1.50 bits per heavy atom. The number of carbonyl (C=O) groups is 2. The van der Waals surface area contributed by atoms with Gasteiger partial charge < -0.3 is 19.1 Å². The fraction of sp³-hybridized carbons (Fsp3) is 0.256. The molecule has 46 heavy (non-hydrogen) atoms. The summed E-state index contributed by atoms with van der Waals surface area (Å²) in [6.07, 6.45) is 8.64. The first kappa shape index (κ1) is 29.5. The second kappa shape index (κ2) is 13.1. The smallest absolute Gasteiger partial charge is 0.256 e. The molecule has 2 heterocycles. The van der Waals surface area contributed by atoms with Crippen molar-refractivity contribution >= 4 is 35.2 Å². The summed E-state index contributed by atoms with van der Waals surface area (Å²) in [4.78, 5) is 32.7. The Morgan fingerprint density at radius 3 is 2.24 bits per heavy atom. The van der Waals surface area contributed by atoms with Gasteiger partial charge in [0, 0.05) is 30.0 Å². The molecule has 7 rings (SSSR count). The number of aliphatic imine (C=N–C) groups is 1. The normalized spacial score (nSPS) is 16.2. The molecule has 232 valence electrons. The first-order valence-electron chi connectivity index (χ1n) is 16.0. The Kier molecular flexibility index (Phi) is 8.38. The van der Waals surface area contributed by atoms with Crippen molar-refractivity contribution in [2.75, 3.05) is 26.9 Å². The van der Waals surface area contributed by atoms with Crippen molar-refractivity contribution in [3.05, 3.63) is 118 Å². The van der Waals surface area contributed by atoms with Crippen LogP contribution in [-0.2, 0) is 0 Å². The summed E-state index contributed by atoms with van der Waals surface area (Å²) in [5, 5.41) is 0. The Labute approximate surface area is 269 Å². The number of rotatable bonds is 10. The average molecular weight is 613 g/mol. The number of hydrogen-bond acceptors (Lipinski definition) is 6. The molecule has 4 aromatic rings. The molecule has 0 bridgehead atoms. The van der Waals surface area contributed by atoms with Crippen LogP contribution in [0.2, 0.25) is 0 Å². The maximum Gasteiger partial charge on any atom is 0.256 e. The summed E-state index contributed by atoms with van der Waals surface area (Å²) >= 11 is 0. The van der Waals surface area contributed by atoms with Crippen LogP contribution in [0, 0.1) is 0 Å². The Hall–Kier alpha value is -5.17. The molecule has 0 radical (unpaired) electrons. The number of benzene rings is 4. The number of hydrogen-bond donors (Lipinski definition) is 0. The van der Waals surface area contributed by atoms with Gasteiger partial charge in [-0.25, -0.2) is 0 Å². The summed E-state index contributed by atoms with van der Waals surface area (Å²) in [5.41, 5.74) is 6.60. The van der Waals surface area contributed by atoms with Gasteiger partial charge in [-0.3, -0.25) is 14.6 Å². The monoisotopic (exact) mass is 612 g/mol. The highest BCUT2D eigenvalue weighted by Gasteiger charge is 2.32. The average Bonchev–Trinajstić information content (AvgIpc) is 3.53. The molecule has 3 aliphatic rings. The van der Waals surface area contributed by atoms with E-state index in [0.717, 1.165) is 77.8 Å². The summed E-state index contributed by atoms with van der Waals surface area (Å²) in [6, 6.07) is 27.3. The molecule has 7 nitrogen and oxygen atoms in total. The van der Waals surface area contributed by atoms with Gasteiger partial charge in [0.05, 0.1) is 37.6 Å². The number of ether oxygens (including phenoxy) is 3. The van der Waals surface area contributed by atoms with Gasteiger partial charge in [-0.05, 0) is 78.6 Å². The summed E-state index contributed by atoms with van der Waals surface area (Å²) in [6.45, 7) is 1.88. The predicted octanol–water partition coefficient (Wildman–Crippen LogP) is 7.78. The maximum absolute atomic E-state index is 13.1. The first-order chi connectivity index (χ1) is 22.6. The van der Waals surface area contributed by atoms with E-state index in [1.807, 2.05) is 83.9 Å². The van der Waals surface area contributed by atoms with E-state index >= 15 is 0 Å². The Balaban J connectivity index is 0.940. The predicted molar refractivity (Wildman–Crippen MR) is 180 cm³/mol. The maximum atomic E-state index is 13.1. The van der Waals surface area contributed by atoms with Gasteiger partial charge in [0.15, 0.2) is 17.3 Å². The minimum absolute atomic E-state index is 0.00294. The van der Waals surface area contributed by atoms with Crippen molar-refractivity contribution in [3.63, 3.8) is 0 Å². The summed E-state index contributed by atoms with van der Waals surface area (Å²) in [5.74, 6) is 2.02. The fourth-order valence-electron chi connectivity index (χ4n) is 6.51. The van der Waals surface area contributed by atoms with Gasteiger partial charge in [0.2, 0.25) is 0 Å². The SMILES string of the molecule is COc1cc2c(cc1OCCCCCOc1cccc(C=C3c4ccccc4C(=O)c4ccccc43)c1)N=C[C@@H]1CCCN1C2=O. The molecule has 7 heteroatoms. The molecule has 0 aromatic heterocycles. The van der Waals surface area contributed by atoms with Gasteiger partial charge in [0.1, 0.15) is 5.75 Å². The lowest BCUT2D eigenvalue weighted by molar-refractivity contribution is 0.0774. The highest BCUT2D eigenvalue weighted by atomic mass is 16.5. The van der Waals surface area contributed by atoms with Crippen LogP contribution < -0.4 is 14.2 Å². The number of unbranched alkanes of at least 4 members (excludes halogenated alkanes) is 2. The molecule has 0 saturated carbocycles. The number of carbonyl (C=O) groups excluding carboxylic acids is 2. The first-order valence-corrected chi connectivity index (χ1v) is 16.0. The number of methoxy groups -OCH3 is 1. The topological polar surface area (TPSA) is 77.4 Å². The Bertz CT molecular complexity index is 1810. The second-order valence-electron chi connectivity index (χ2n) is 11.8. The molecule has 1 atom stereocenters. The van der Waals surface area contributed by atoms with E-state index in [2.05, 4.69) is 17.1 Å². The largest absolute Gasteiger partial charge is 0.494 e. The molecule has 1 aliphatic carbocycles. The molecule has 1 amide bonds. The van der Waals surface area contributed by atoms with E-state index in [-0.39, 0.29) is 17.7 Å². The van der Waals surface area contributed by atoms with E-state index < -0.39 is 0 Å². The van der Waals surface area contributed by atoms with Crippen LogP contribution >= 0.6 is 0 Å². The molecule has 2 aliphatic heterocycles. The van der Waals surface area contributed by atoms with Crippen LogP contribution in [0.5, 0.6) is 17.2 Å². The van der Waals surface area contributed by atoms with E-state index in [1.165, 1.54) is 0 Å². The van der Waals surface area contributed by atoms with E-state index in [0.29, 0.717) is 36.0 Å². The third-order valence-corrected chi connectivity index (χ3v) is 8.87. The third kappa shape index (κ3) is 5.81. The van der Waals surface area contributed by atoms with Crippen LogP contribution in [-0.4, -0.2) is 55.7 Å². The molecular weight excluding hydrogens is 576 g/mol. The van der Waals surface area contributed by atoms with Crippen molar-refractivity contribution in [2.24, 2.45) is 4.99 Å². The third-order valence-electron chi connectivity index (χ3n) is 8.87. The Morgan fingerprint density at radius 1 is 0.783 bits per heavy atom. The van der Waals surface area contributed by atoms with Crippen molar-refractivity contribution in [1.29, 1.82) is 0 Å². The highest BCUT2D eigenvalue weighted by molar-refractivity contribution is 6.20. The zero-order chi connectivity index (χ0) is 31.5. The minimum Gasteiger partial charge on any atom is -0.494 e. The van der Waals surface area contributed by atoms with Gasteiger partial charge in [-0.1, -0.05) is 60.7 Å². The highest BCUT2D eigenvalue weighted by Crippen LogP contribution is 2.39. The van der Waals surface area contributed by atoms with Crippen LogP contribution in [0.4, 0.5) is 5.69 Å².